The van der Waals surface area contributed by atoms with Crippen LogP contribution in [0.25, 0.3) is 11.0 Å². The summed E-state index contributed by atoms with van der Waals surface area (Å²) in [5, 5.41) is 8.82. The van der Waals surface area contributed by atoms with E-state index in [0.29, 0.717) is 6.54 Å². The maximum atomic E-state index is 8.82. The van der Waals surface area contributed by atoms with E-state index in [4.69, 9.17) is 11.0 Å². The van der Waals surface area contributed by atoms with Gasteiger partial charge in [-0.15, -0.1) is 0 Å². The summed E-state index contributed by atoms with van der Waals surface area (Å²) in [5.41, 5.74) is 7.74. The highest BCUT2D eigenvalue weighted by molar-refractivity contribution is 5.75. The molecule has 0 spiro atoms. The number of fused-ring (bicyclic) bond motifs is 1. The van der Waals surface area contributed by atoms with Crippen molar-refractivity contribution in [2.75, 3.05) is 0 Å². The molecule has 1 unspecified atom stereocenters. The van der Waals surface area contributed by atoms with Crippen LogP contribution in [0.4, 0.5) is 0 Å². The predicted molar refractivity (Wildman–Crippen MR) is 67.3 cm³/mol. The van der Waals surface area contributed by atoms with Gasteiger partial charge in [-0.3, -0.25) is 0 Å². The number of benzene rings is 1. The number of para-hydroxylation sites is 2. The Morgan fingerprint density at radius 3 is 2.94 bits per heavy atom. The quantitative estimate of drug-likeness (QED) is 0.868. The number of nitriles is 1. The van der Waals surface area contributed by atoms with E-state index in [2.05, 4.69) is 22.5 Å². The SMILES string of the molecule is CCCc1nc2ccccc2n1CC(N)C#N. The highest BCUT2D eigenvalue weighted by Gasteiger charge is 2.11. The number of nitrogens with zero attached hydrogens (tertiary/aromatic N) is 3. The van der Waals surface area contributed by atoms with Crippen LogP contribution in [0.15, 0.2) is 24.3 Å². The molecule has 0 saturated heterocycles. The molecule has 1 heterocycles. The first-order chi connectivity index (χ1) is 8.26. The number of hydrogen-bond acceptors (Lipinski definition) is 3. The topological polar surface area (TPSA) is 67.6 Å². The van der Waals surface area contributed by atoms with Crippen molar-refractivity contribution in [3.63, 3.8) is 0 Å². The average molecular weight is 228 g/mol. The Kier molecular flexibility index (Phi) is 3.40. The second kappa shape index (κ2) is 4.98. The standard InChI is InChI=1S/C13H16N4/c1-2-5-13-16-11-6-3-4-7-12(11)17(13)9-10(15)8-14/h3-4,6-7,10H,2,5,9,15H2,1H3. The van der Waals surface area contributed by atoms with Gasteiger partial charge in [0.05, 0.1) is 23.6 Å². The molecule has 2 rings (SSSR count). The van der Waals surface area contributed by atoms with E-state index in [0.717, 1.165) is 29.7 Å². The Hall–Kier alpha value is -1.86. The molecule has 4 heteroatoms. The lowest BCUT2D eigenvalue weighted by molar-refractivity contribution is 0.615. The Morgan fingerprint density at radius 1 is 1.47 bits per heavy atom. The van der Waals surface area contributed by atoms with Crippen molar-refractivity contribution in [2.24, 2.45) is 5.73 Å². The number of rotatable bonds is 4. The fraction of sp³-hybridized carbons (Fsp3) is 0.385. The summed E-state index contributed by atoms with van der Waals surface area (Å²) in [7, 11) is 0. The molecule has 88 valence electrons. The van der Waals surface area contributed by atoms with Gasteiger partial charge in [0.15, 0.2) is 0 Å². The van der Waals surface area contributed by atoms with E-state index < -0.39 is 6.04 Å². The molecule has 0 aliphatic carbocycles. The van der Waals surface area contributed by atoms with E-state index in [9.17, 15) is 0 Å². The molecular weight excluding hydrogens is 212 g/mol. The second-order valence-corrected chi connectivity index (χ2v) is 4.11. The molecule has 0 radical (unpaired) electrons. The van der Waals surface area contributed by atoms with Gasteiger partial charge in [0.1, 0.15) is 11.9 Å². The fourth-order valence-electron chi connectivity index (χ4n) is 1.98. The van der Waals surface area contributed by atoms with Gasteiger partial charge in [0, 0.05) is 6.42 Å². The van der Waals surface area contributed by atoms with Crippen LogP contribution in [0.5, 0.6) is 0 Å². The molecule has 1 atom stereocenters. The van der Waals surface area contributed by atoms with Gasteiger partial charge in [0.25, 0.3) is 0 Å². The van der Waals surface area contributed by atoms with Crippen LogP contribution in [-0.2, 0) is 13.0 Å². The smallest absolute Gasteiger partial charge is 0.111 e. The van der Waals surface area contributed by atoms with E-state index in [-0.39, 0.29) is 0 Å². The zero-order valence-corrected chi connectivity index (χ0v) is 9.93. The number of nitrogens with two attached hydrogens (primary N) is 1. The molecule has 1 aromatic carbocycles. The first-order valence-corrected chi connectivity index (χ1v) is 5.85. The second-order valence-electron chi connectivity index (χ2n) is 4.11. The summed E-state index contributed by atoms with van der Waals surface area (Å²) in [6, 6.07) is 9.54. The van der Waals surface area contributed by atoms with Gasteiger partial charge < -0.3 is 10.3 Å². The minimum Gasteiger partial charge on any atom is -0.325 e. The van der Waals surface area contributed by atoms with Gasteiger partial charge in [-0.2, -0.15) is 5.26 Å². The van der Waals surface area contributed by atoms with Crippen LogP contribution in [0, 0.1) is 11.3 Å². The van der Waals surface area contributed by atoms with Crippen molar-refractivity contribution in [1.82, 2.24) is 9.55 Å². The van der Waals surface area contributed by atoms with Gasteiger partial charge in [0.2, 0.25) is 0 Å². The van der Waals surface area contributed by atoms with Gasteiger partial charge in [-0.05, 0) is 18.6 Å². The number of imidazole rings is 1. The molecule has 17 heavy (non-hydrogen) atoms. The fourth-order valence-corrected chi connectivity index (χ4v) is 1.98. The van der Waals surface area contributed by atoms with E-state index >= 15 is 0 Å². The Morgan fingerprint density at radius 2 is 2.24 bits per heavy atom. The summed E-state index contributed by atoms with van der Waals surface area (Å²) in [6.45, 7) is 2.63. The predicted octanol–water partition coefficient (Wildman–Crippen LogP) is 1.84. The molecular formula is C13H16N4. The van der Waals surface area contributed by atoms with E-state index in [1.165, 1.54) is 0 Å². The maximum absolute atomic E-state index is 8.82. The first-order valence-electron chi connectivity index (χ1n) is 5.85. The molecule has 0 fully saturated rings. The number of hydrogen-bond donors (Lipinski definition) is 1. The summed E-state index contributed by atoms with van der Waals surface area (Å²) < 4.78 is 2.06. The lowest BCUT2D eigenvalue weighted by Crippen LogP contribution is -2.25. The molecule has 0 aliphatic rings. The first kappa shape index (κ1) is 11.6. The van der Waals surface area contributed by atoms with Crippen molar-refractivity contribution in [3.8, 4) is 6.07 Å². The molecule has 0 bridgehead atoms. The Labute approximate surface area is 101 Å². The van der Waals surface area contributed by atoms with Crippen LogP contribution in [-0.4, -0.2) is 15.6 Å². The van der Waals surface area contributed by atoms with Gasteiger partial charge in [-0.1, -0.05) is 19.1 Å². The number of aryl methyl sites for hydroxylation is 1. The van der Waals surface area contributed by atoms with Gasteiger partial charge >= 0.3 is 0 Å². The van der Waals surface area contributed by atoms with Crippen LogP contribution in [0.2, 0.25) is 0 Å². The summed E-state index contributed by atoms with van der Waals surface area (Å²) in [6.07, 6.45) is 1.94. The van der Waals surface area contributed by atoms with E-state index in [1.807, 2.05) is 24.3 Å². The summed E-state index contributed by atoms with van der Waals surface area (Å²) in [4.78, 5) is 4.59. The van der Waals surface area contributed by atoms with Crippen molar-refractivity contribution in [2.45, 2.75) is 32.4 Å². The summed E-state index contributed by atoms with van der Waals surface area (Å²) >= 11 is 0. The Bertz CT molecular complexity index is 550. The third kappa shape index (κ3) is 2.29. The zero-order valence-electron chi connectivity index (χ0n) is 9.93. The van der Waals surface area contributed by atoms with Gasteiger partial charge in [-0.25, -0.2) is 4.98 Å². The third-order valence-corrected chi connectivity index (χ3v) is 2.75. The largest absolute Gasteiger partial charge is 0.325 e. The molecule has 1 aromatic heterocycles. The van der Waals surface area contributed by atoms with Crippen LogP contribution in [0.3, 0.4) is 0 Å². The van der Waals surface area contributed by atoms with Crippen LogP contribution in [0.1, 0.15) is 19.2 Å². The molecule has 2 aromatic rings. The molecule has 0 saturated carbocycles. The molecule has 2 N–H and O–H groups in total. The lowest BCUT2D eigenvalue weighted by Gasteiger charge is -2.09. The van der Waals surface area contributed by atoms with Crippen molar-refractivity contribution in [3.05, 3.63) is 30.1 Å². The minimum atomic E-state index is -0.483. The molecule has 0 amide bonds. The van der Waals surface area contributed by atoms with Crippen LogP contribution >= 0.6 is 0 Å². The Balaban J connectivity index is 2.48. The summed E-state index contributed by atoms with van der Waals surface area (Å²) in [5.74, 6) is 1.01. The molecule has 0 aliphatic heterocycles. The normalized spacial score (nSPS) is 12.5. The maximum Gasteiger partial charge on any atom is 0.111 e. The van der Waals surface area contributed by atoms with Crippen molar-refractivity contribution >= 4 is 11.0 Å². The van der Waals surface area contributed by atoms with E-state index in [1.54, 1.807) is 0 Å². The monoisotopic (exact) mass is 228 g/mol. The average Bonchev–Trinajstić information content (AvgIpc) is 2.68. The minimum absolute atomic E-state index is 0.483. The lowest BCUT2D eigenvalue weighted by atomic mass is 10.3. The van der Waals surface area contributed by atoms with Crippen molar-refractivity contribution < 1.29 is 0 Å². The highest BCUT2D eigenvalue weighted by atomic mass is 15.1. The zero-order chi connectivity index (χ0) is 12.3. The highest BCUT2D eigenvalue weighted by Crippen LogP contribution is 2.17. The number of aromatic nitrogens is 2. The molecule has 4 nitrogen and oxygen atoms in total. The van der Waals surface area contributed by atoms with Crippen molar-refractivity contribution in [1.29, 1.82) is 5.26 Å². The van der Waals surface area contributed by atoms with Crippen LogP contribution < -0.4 is 5.73 Å². The third-order valence-electron chi connectivity index (χ3n) is 2.75.